The Labute approximate surface area is 200 Å². The summed E-state index contributed by atoms with van der Waals surface area (Å²) < 4.78 is 71.6. The molecule has 0 aromatic carbocycles. The van der Waals surface area contributed by atoms with Crippen LogP contribution in [0.3, 0.4) is 0 Å². The second kappa shape index (κ2) is 8.81. The number of aryl methyl sites for hydroxylation is 1. The molecule has 0 unspecified atom stereocenters. The van der Waals surface area contributed by atoms with E-state index in [-0.39, 0.29) is 28.9 Å². The standard InChI is InChI=1S/C23H20F3N5O3S/c1-13-21(17(15-4-5-15)9-20(29-13)23(24,25)26)34-22-19(31(2)35(3,32)33)7-6-18(30-22)16-8-14(10-27)11-28-12-16/h6-9,11-12,15H,4-5H2,1-3H3. The average molecular weight is 504 g/mol. The highest BCUT2D eigenvalue weighted by molar-refractivity contribution is 7.92. The number of ether oxygens (including phenoxy) is 1. The lowest BCUT2D eigenvalue weighted by molar-refractivity contribution is -0.141. The van der Waals surface area contributed by atoms with E-state index in [1.54, 1.807) is 12.1 Å². The summed E-state index contributed by atoms with van der Waals surface area (Å²) in [6, 6.07) is 7.53. The maximum Gasteiger partial charge on any atom is 0.433 e. The maximum absolute atomic E-state index is 13.4. The molecule has 1 aliphatic rings. The topological polar surface area (TPSA) is 109 Å². The third-order valence-corrected chi connectivity index (χ3v) is 6.71. The van der Waals surface area contributed by atoms with Crippen molar-refractivity contribution in [2.75, 3.05) is 17.6 Å². The molecule has 35 heavy (non-hydrogen) atoms. The molecule has 8 nitrogen and oxygen atoms in total. The summed E-state index contributed by atoms with van der Waals surface area (Å²) in [5.74, 6) is -0.148. The summed E-state index contributed by atoms with van der Waals surface area (Å²) in [6.07, 6.45) is 0.650. The van der Waals surface area contributed by atoms with Gasteiger partial charge in [-0.1, -0.05) is 0 Å². The maximum atomic E-state index is 13.4. The largest absolute Gasteiger partial charge is 0.435 e. The lowest BCUT2D eigenvalue weighted by Gasteiger charge is -2.22. The van der Waals surface area contributed by atoms with Crippen LogP contribution in [0.2, 0.25) is 0 Å². The van der Waals surface area contributed by atoms with E-state index in [0.717, 1.165) is 16.6 Å². The van der Waals surface area contributed by atoms with Crippen LogP contribution in [0.15, 0.2) is 36.7 Å². The van der Waals surface area contributed by atoms with Gasteiger partial charge >= 0.3 is 6.18 Å². The van der Waals surface area contributed by atoms with Crippen LogP contribution in [0.1, 0.15) is 41.3 Å². The summed E-state index contributed by atoms with van der Waals surface area (Å²) in [6.45, 7) is 1.40. The number of nitriles is 1. The molecule has 3 aromatic heterocycles. The Bertz CT molecular complexity index is 1450. The van der Waals surface area contributed by atoms with Crippen LogP contribution >= 0.6 is 0 Å². The van der Waals surface area contributed by atoms with Crippen molar-refractivity contribution in [3.8, 4) is 29.0 Å². The Kier molecular flexibility index (Phi) is 6.14. The molecule has 0 saturated heterocycles. The van der Waals surface area contributed by atoms with Gasteiger partial charge in [-0.15, -0.1) is 0 Å². The van der Waals surface area contributed by atoms with Crippen LogP contribution in [0.25, 0.3) is 11.3 Å². The highest BCUT2D eigenvalue weighted by Crippen LogP contribution is 2.48. The van der Waals surface area contributed by atoms with Crippen molar-refractivity contribution in [3.05, 3.63) is 59.2 Å². The zero-order valence-corrected chi connectivity index (χ0v) is 19.8. The van der Waals surface area contributed by atoms with Crippen molar-refractivity contribution < 1.29 is 26.3 Å². The van der Waals surface area contributed by atoms with Crippen molar-refractivity contribution in [2.45, 2.75) is 31.9 Å². The van der Waals surface area contributed by atoms with Crippen molar-refractivity contribution in [1.29, 1.82) is 5.26 Å². The van der Waals surface area contributed by atoms with Crippen LogP contribution in [-0.2, 0) is 16.2 Å². The molecule has 3 aromatic rings. The van der Waals surface area contributed by atoms with Crippen molar-refractivity contribution in [2.24, 2.45) is 0 Å². The van der Waals surface area contributed by atoms with E-state index < -0.39 is 21.9 Å². The first kappa shape index (κ1) is 24.4. The number of halogens is 3. The van der Waals surface area contributed by atoms with Crippen LogP contribution in [0.4, 0.5) is 18.9 Å². The second-order valence-corrected chi connectivity index (χ2v) is 10.2. The lowest BCUT2D eigenvalue weighted by atomic mass is 10.1. The van der Waals surface area contributed by atoms with Gasteiger partial charge in [-0.3, -0.25) is 9.29 Å². The first-order valence-corrected chi connectivity index (χ1v) is 12.3. The minimum atomic E-state index is -4.62. The summed E-state index contributed by atoms with van der Waals surface area (Å²) in [5.41, 5.74) is 0.532. The molecule has 182 valence electrons. The summed E-state index contributed by atoms with van der Waals surface area (Å²) in [5, 5.41) is 9.17. The van der Waals surface area contributed by atoms with Crippen molar-refractivity contribution >= 4 is 15.7 Å². The molecule has 0 aliphatic heterocycles. The number of pyridine rings is 3. The molecule has 0 atom stereocenters. The highest BCUT2D eigenvalue weighted by Gasteiger charge is 2.37. The van der Waals surface area contributed by atoms with Crippen LogP contribution < -0.4 is 9.04 Å². The Balaban J connectivity index is 1.87. The smallest absolute Gasteiger partial charge is 0.433 e. The second-order valence-electron chi connectivity index (χ2n) is 8.21. The minimum absolute atomic E-state index is 0.00929. The molecule has 1 fully saturated rings. The molecule has 3 heterocycles. The molecule has 0 amide bonds. The molecular formula is C23H20F3N5O3S. The number of nitrogens with zero attached hydrogens (tertiary/aromatic N) is 5. The summed E-state index contributed by atoms with van der Waals surface area (Å²) >= 11 is 0. The van der Waals surface area contributed by atoms with E-state index in [9.17, 15) is 21.6 Å². The quantitative estimate of drug-likeness (QED) is 0.475. The molecular weight excluding hydrogens is 483 g/mol. The number of hydrogen-bond acceptors (Lipinski definition) is 7. The van der Waals surface area contributed by atoms with Gasteiger partial charge in [0.2, 0.25) is 15.9 Å². The van der Waals surface area contributed by atoms with Crippen LogP contribution in [0.5, 0.6) is 11.6 Å². The number of aromatic nitrogens is 3. The molecule has 12 heteroatoms. The van der Waals surface area contributed by atoms with Gasteiger partial charge in [0.15, 0.2) is 5.75 Å². The van der Waals surface area contributed by atoms with Gasteiger partial charge in [-0.2, -0.15) is 18.4 Å². The molecule has 0 N–H and O–H groups in total. The monoisotopic (exact) mass is 503 g/mol. The van der Waals surface area contributed by atoms with E-state index in [0.29, 0.717) is 35.2 Å². The fraction of sp³-hybridized carbons (Fsp3) is 0.304. The Morgan fingerprint density at radius 3 is 2.49 bits per heavy atom. The van der Waals surface area contributed by atoms with E-state index in [2.05, 4.69) is 15.0 Å². The van der Waals surface area contributed by atoms with Gasteiger partial charge in [-0.25, -0.2) is 18.4 Å². The van der Waals surface area contributed by atoms with Crippen molar-refractivity contribution in [1.82, 2.24) is 15.0 Å². The first-order valence-electron chi connectivity index (χ1n) is 10.5. The zero-order chi connectivity index (χ0) is 25.5. The normalized spacial score (nSPS) is 13.9. The van der Waals surface area contributed by atoms with Crippen LogP contribution in [-0.4, -0.2) is 36.7 Å². The summed E-state index contributed by atoms with van der Waals surface area (Å²) in [4.78, 5) is 12.1. The van der Waals surface area contributed by atoms with Crippen molar-refractivity contribution in [3.63, 3.8) is 0 Å². The minimum Gasteiger partial charge on any atom is -0.435 e. The number of sulfonamides is 1. The van der Waals surface area contributed by atoms with Gasteiger partial charge in [0.05, 0.1) is 23.2 Å². The summed E-state index contributed by atoms with van der Waals surface area (Å²) in [7, 11) is -2.40. The number of rotatable bonds is 6. The van der Waals surface area contributed by atoms with Gasteiger partial charge in [0, 0.05) is 30.6 Å². The van der Waals surface area contributed by atoms with Gasteiger partial charge in [0.25, 0.3) is 0 Å². The van der Waals surface area contributed by atoms with Gasteiger partial charge < -0.3 is 4.74 Å². The SMILES string of the molecule is Cc1nc(C(F)(F)F)cc(C2CC2)c1Oc1nc(-c2cncc(C#N)c2)ccc1N(C)S(C)(=O)=O. The first-order chi connectivity index (χ1) is 16.4. The van der Waals surface area contributed by atoms with Gasteiger partial charge in [-0.05, 0) is 49.9 Å². The Hall–Kier alpha value is -3.72. The fourth-order valence-electron chi connectivity index (χ4n) is 3.49. The predicted octanol–water partition coefficient (Wildman–Crippen LogP) is 4.80. The third-order valence-electron chi connectivity index (χ3n) is 5.52. The zero-order valence-electron chi connectivity index (χ0n) is 19.0. The van der Waals surface area contributed by atoms with E-state index in [1.165, 1.54) is 32.4 Å². The lowest BCUT2D eigenvalue weighted by Crippen LogP contribution is -2.25. The van der Waals surface area contributed by atoms with E-state index in [1.807, 2.05) is 6.07 Å². The Morgan fingerprint density at radius 2 is 1.89 bits per heavy atom. The molecule has 4 rings (SSSR count). The van der Waals surface area contributed by atoms with E-state index in [4.69, 9.17) is 10.00 Å². The predicted molar refractivity (Wildman–Crippen MR) is 121 cm³/mol. The molecule has 0 bridgehead atoms. The average Bonchev–Trinajstić information content (AvgIpc) is 3.64. The number of anilines is 1. The van der Waals surface area contributed by atoms with E-state index >= 15 is 0 Å². The third kappa shape index (κ3) is 5.19. The molecule has 1 saturated carbocycles. The molecule has 0 radical (unpaired) electrons. The number of hydrogen-bond donors (Lipinski definition) is 0. The van der Waals surface area contributed by atoms with Gasteiger partial charge in [0.1, 0.15) is 17.5 Å². The fourth-order valence-corrected chi connectivity index (χ4v) is 3.98. The molecule has 0 spiro atoms. The molecule has 1 aliphatic carbocycles. The number of alkyl halides is 3. The Morgan fingerprint density at radius 1 is 1.17 bits per heavy atom. The van der Waals surface area contributed by atoms with Crippen LogP contribution in [0, 0.1) is 18.3 Å². The highest BCUT2D eigenvalue weighted by atomic mass is 32.2.